The van der Waals surface area contributed by atoms with Gasteiger partial charge >= 0.3 is 5.97 Å². The summed E-state index contributed by atoms with van der Waals surface area (Å²) in [6.45, 7) is 2.10. The van der Waals surface area contributed by atoms with Gasteiger partial charge in [-0.1, -0.05) is 12.1 Å². The largest absolute Gasteiger partial charge is 0.495 e. The lowest BCUT2D eigenvalue weighted by Crippen LogP contribution is -2.23. The van der Waals surface area contributed by atoms with Crippen LogP contribution >= 0.6 is 0 Å². The molecule has 6 heteroatoms. The van der Waals surface area contributed by atoms with Crippen molar-refractivity contribution < 1.29 is 14.3 Å². The van der Waals surface area contributed by atoms with Gasteiger partial charge in [0.15, 0.2) is 6.04 Å². The molecule has 112 valence electrons. The molecule has 0 aliphatic heterocycles. The number of nitrogens with one attached hydrogen (secondary N) is 1. The summed E-state index contributed by atoms with van der Waals surface area (Å²) in [5.74, 6) is 0.312. The Morgan fingerprint density at radius 3 is 2.81 bits per heavy atom. The maximum Gasteiger partial charge on any atom is 0.333 e. The Hall–Kier alpha value is -2.50. The van der Waals surface area contributed by atoms with Gasteiger partial charge in [-0.15, -0.1) is 0 Å². The first-order valence-corrected chi connectivity index (χ1v) is 6.70. The summed E-state index contributed by atoms with van der Waals surface area (Å²) in [5, 5.41) is 7.26. The third kappa shape index (κ3) is 3.53. The van der Waals surface area contributed by atoms with Crippen LogP contribution in [0.25, 0.3) is 0 Å². The molecule has 1 N–H and O–H groups in total. The average molecular weight is 289 g/mol. The van der Waals surface area contributed by atoms with E-state index in [1.807, 2.05) is 24.3 Å². The normalized spacial score (nSPS) is 11.8. The lowest BCUT2D eigenvalue weighted by Gasteiger charge is -2.18. The van der Waals surface area contributed by atoms with Crippen LogP contribution in [0.2, 0.25) is 0 Å². The Morgan fingerprint density at radius 1 is 1.43 bits per heavy atom. The Morgan fingerprint density at radius 2 is 2.19 bits per heavy atom. The number of ether oxygens (including phenoxy) is 2. The number of para-hydroxylation sites is 2. The van der Waals surface area contributed by atoms with Gasteiger partial charge in [0.1, 0.15) is 5.75 Å². The van der Waals surface area contributed by atoms with Crippen LogP contribution in [0.5, 0.6) is 5.75 Å². The van der Waals surface area contributed by atoms with Crippen LogP contribution in [0, 0.1) is 0 Å². The van der Waals surface area contributed by atoms with Crippen LogP contribution in [0.3, 0.4) is 0 Å². The van der Waals surface area contributed by atoms with E-state index >= 15 is 0 Å². The molecule has 0 aliphatic rings. The van der Waals surface area contributed by atoms with Crippen molar-refractivity contribution in [1.29, 1.82) is 0 Å². The van der Waals surface area contributed by atoms with E-state index in [4.69, 9.17) is 9.47 Å². The minimum atomic E-state index is -0.630. The zero-order chi connectivity index (χ0) is 15.2. The molecular formula is C15H19N3O3. The minimum absolute atomic E-state index is 0.323. The van der Waals surface area contributed by atoms with Crippen LogP contribution in [-0.2, 0) is 16.6 Å². The average Bonchev–Trinajstić information content (AvgIpc) is 2.91. The highest BCUT2D eigenvalue weighted by molar-refractivity contribution is 5.81. The van der Waals surface area contributed by atoms with E-state index < -0.39 is 6.04 Å². The molecular weight excluding hydrogens is 270 g/mol. The van der Waals surface area contributed by atoms with Crippen molar-refractivity contribution in [3.05, 3.63) is 42.2 Å². The SMILES string of the molecule is CCOC(=O)C(Nc1ccccc1OC)c1cnn(C)c1. The maximum absolute atomic E-state index is 12.2. The molecule has 0 saturated heterocycles. The van der Waals surface area contributed by atoms with Crippen LogP contribution in [0.1, 0.15) is 18.5 Å². The summed E-state index contributed by atoms with van der Waals surface area (Å²) >= 11 is 0. The van der Waals surface area contributed by atoms with Crippen LogP contribution < -0.4 is 10.1 Å². The fourth-order valence-electron chi connectivity index (χ4n) is 2.01. The second kappa shape index (κ2) is 6.78. The smallest absolute Gasteiger partial charge is 0.333 e. The number of benzene rings is 1. The molecule has 0 radical (unpaired) electrons. The van der Waals surface area contributed by atoms with Crippen molar-refractivity contribution >= 4 is 11.7 Å². The highest BCUT2D eigenvalue weighted by Gasteiger charge is 2.24. The molecule has 1 aromatic carbocycles. The molecule has 1 unspecified atom stereocenters. The van der Waals surface area contributed by atoms with E-state index in [0.29, 0.717) is 12.4 Å². The Bertz CT molecular complexity index is 610. The topological polar surface area (TPSA) is 65.4 Å². The molecule has 1 atom stereocenters. The molecule has 0 bridgehead atoms. The molecule has 2 rings (SSSR count). The molecule has 0 amide bonds. The predicted molar refractivity (Wildman–Crippen MR) is 79.2 cm³/mol. The fourth-order valence-corrected chi connectivity index (χ4v) is 2.01. The molecule has 0 fully saturated rings. The monoisotopic (exact) mass is 289 g/mol. The number of anilines is 1. The molecule has 1 aromatic heterocycles. The summed E-state index contributed by atoms with van der Waals surface area (Å²) in [7, 11) is 3.39. The standard InChI is InChI=1S/C15H19N3O3/c1-4-21-15(19)14(11-9-16-18(2)10-11)17-12-7-5-6-8-13(12)20-3/h5-10,14,17H,4H2,1-3H3. The number of methoxy groups -OCH3 is 1. The van der Waals surface area contributed by atoms with Crippen LogP contribution in [0.15, 0.2) is 36.7 Å². The number of hydrogen-bond donors (Lipinski definition) is 1. The first-order chi connectivity index (χ1) is 10.2. The Labute approximate surface area is 123 Å². The molecule has 6 nitrogen and oxygen atoms in total. The van der Waals surface area contributed by atoms with E-state index in [-0.39, 0.29) is 5.97 Å². The summed E-state index contributed by atoms with van der Waals surface area (Å²) in [4.78, 5) is 12.2. The highest BCUT2D eigenvalue weighted by atomic mass is 16.5. The lowest BCUT2D eigenvalue weighted by atomic mass is 10.1. The van der Waals surface area contributed by atoms with Crippen LogP contribution in [-0.4, -0.2) is 29.5 Å². The first-order valence-electron chi connectivity index (χ1n) is 6.70. The van der Waals surface area contributed by atoms with Gasteiger partial charge in [0.25, 0.3) is 0 Å². The van der Waals surface area contributed by atoms with E-state index in [0.717, 1.165) is 11.3 Å². The van der Waals surface area contributed by atoms with Crippen molar-refractivity contribution in [3.63, 3.8) is 0 Å². The van der Waals surface area contributed by atoms with Gasteiger partial charge in [-0.3, -0.25) is 4.68 Å². The number of aryl methyl sites for hydroxylation is 1. The second-order valence-corrected chi connectivity index (χ2v) is 4.48. The minimum Gasteiger partial charge on any atom is -0.495 e. The van der Waals surface area contributed by atoms with Crippen molar-refractivity contribution in [2.45, 2.75) is 13.0 Å². The van der Waals surface area contributed by atoms with E-state index in [1.165, 1.54) is 0 Å². The highest BCUT2D eigenvalue weighted by Crippen LogP contribution is 2.28. The van der Waals surface area contributed by atoms with Crippen molar-refractivity contribution in [3.8, 4) is 5.75 Å². The van der Waals surface area contributed by atoms with Crippen LogP contribution in [0.4, 0.5) is 5.69 Å². The van der Waals surface area contributed by atoms with Gasteiger partial charge < -0.3 is 14.8 Å². The van der Waals surface area contributed by atoms with Gasteiger partial charge in [-0.05, 0) is 19.1 Å². The van der Waals surface area contributed by atoms with E-state index in [9.17, 15) is 4.79 Å². The summed E-state index contributed by atoms with van der Waals surface area (Å²) in [6, 6.07) is 6.79. The van der Waals surface area contributed by atoms with Crippen molar-refractivity contribution in [2.75, 3.05) is 19.0 Å². The molecule has 2 aromatic rings. The number of carbonyl (C=O) groups is 1. The van der Waals surface area contributed by atoms with Crippen molar-refractivity contribution in [1.82, 2.24) is 9.78 Å². The lowest BCUT2D eigenvalue weighted by molar-refractivity contribution is -0.144. The summed E-state index contributed by atoms with van der Waals surface area (Å²) in [5.41, 5.74) is 1.46. The fraction of sp³-hybridized carbons (Fsp3) is 0.333. The third-order valence-electron chi connectivity index (χ3n) is 2.99. The Balaban J connectivity index is 2.29. The quantitative estimate of drug-likeness (QED) is 0.825. The summed E-state index contributed by atoms with van der Waals surface area (Å²) in [6.07, 6.45) is 3.42. The Kier molecular flexibility index (Phi) is 4.81. The van der Waals surface area contributed by atoms with Gasteiger partial charge in [0, 0.05) is 18.8 Å². The van der Waals surface area contributed by atoms with E-state index in [1.54, 1.807) is 38.2 Å². The van der Waals surface area contributed by atoms with E-state index in [2.05, 4.69) is 10.4 Å². The van der Waals surface area contributed by atoms with Gasteiger partial charge in [0.2, 0.25) is 0 Å². The second-order valence-electron chi connectivity index (χ2n) is 4.48. The number of carbonyl (C=O) groups excluding carboxylic acids is 1. The molecule has 1 heterocycles. The number of aromatic nitrogens is 2. The number of hydrogen-bond acceptors (Lipinski definition) is 5. The molecule has 0 spiro atoms. The summed E-state index contributed by atoms with van der Waals surface area (Å²) < 4.78 is 12.1. The first kappa shape index (κ1) is 14.9. The zero-order valence-electron chi connectivity index (χ0n) is 12.4. The molecule has 21 heavy (non-hydrogen) atoms. The van der Waals surface area contributed by atoms with Gasteiger partial charge in [-0.2, -0.15) is 5.10 Å². The molecule has 0 aliphatic carbocycles. The predicted octanol–water partition coefficient (Wildman–Crippen LogP) is 2.15. The third-order valence-corrected chi connectivity index (χ3v) is 2.99. The maximum atomic E-state index is 12.2. The van der Waals surface area contributed by atoms with Crippen molar-refractivity contribution in [2.24, 2.45) is 7.05 Å². The zero-order valence-corrected chi connectivity index (χ0v) is 12.4. The number of rotatable bonds is 6. The van der Waals surface area contributed by atoms with Gasteiger partial charge in [-0.25, -0.2) is 4.79 Å². The van der Waals surface area contributed by atoms with Gasteiger partial charge in [0.05, 0.1) is 25.6 Å². The number of esters is 1. The number of nitrogens with zero attached hydrogens (tertiary/aromatic N) is 2. The molecule has 0 saturated carbocycles.